The minimum atomic E-state index is -0.612. The molecule has 29 heavy (non-hydrogen) atoms. The van der Waals surface area contributed by atoms with E-state index in [1.54, 1.807) is 0 Å². The Balaban J connectivity index is 1.40. The highest BCUT2D eigenvalue weighted by Crippen LogP contribution is 2.20. The molecule has 7 heteroatoms. The summed E-state index contributed by atoms with van der Waals surface area (Å²) < 4.78 is 6.18. The number of aryl methyl sites for hydroxylation is 1. The van der Waals surface area contributed by atoms with Crippen molar-refractivity contribution in [3.05, 3.63) is 76.3 Å². The van der Waals surface area contributed by atoms with Crippen molar-refractivity contribution in [3.63, 3.8) is 0 Å². The first kappa shape index (κ1) is 19.1. The van der Waals surface area contributed by atoms with Crippen LogP contribution in [0, 0.1) is 6.92 Å². The molecule has 0 bridgehead atoms. The van der Waals surface area contributed by atoms with Crippen LogP contribution in [0.3, 0.4) is 0 Å². The summed E-state index contributed by atoms with van der Waals surface area (Å²) in [7, 11) is 0. The van der Waals surface area contributed by atoms with Gasteiger partial charge in [0, 0.05) is 38.3 Å². The van der Waals surface area contributed by atoms with E-state index in [1.807, 2.05) is 54.3 Å². The molecule has 0 spiro atoms. The van der Waals surface area contributed by atoms with Crippen molar-refractivity contribution in [3.8, 4) is 11.4 Å². The molecule has 1 aromatic heterocycles. The fourth-order valence-electron chi connectivity index (χ4n) is 3.66. The van der Waals surface area contributed by atoms with Crippen LogP contribution in [-0.2, 0) is 17.9 Å². The quantitative estimate of drug-likeness (QED) is 0.665. The van der Waals surface area contributed by atoms with Crippen molar-refractivity contribution in [1.82, 2.24) is 19.5 Å². The summed E-state index contributed by atoms with van der Waals surface area (Å²) in [6, 6.07) is 17.9. The molecule has 0 unspecified atom stereocenters. The van der Waals surface area contributed by atoms with Crippen LogP contribution in [0.2, 0.25) is 0 Å². The number of rotatable bonds is 5. The Labute approximate surface area is 169 Å². The third-order valence-corrected chi connectivity index (χ3v) is 5.34. The largest absolute Gasteiger partial charge is 0.442 e. The third-order valence-electron chi connectivity index (χ3n) is 5.34. The van der Waals surface area contributed by atoms with Crippen LogP contribution in [0.15, 0.2) is 63.9 Å². The van der Waals surface area contributed by atoms with E-state index in [0.717, 1.165) is 30.8 Å². The van der Waals surface area contributed by atoms with E-state index in [-0.39, 0.29) is 12.5 Å². The average Bonchev–Trinajstić information content (AvgIpc) is 3.10. The second kappa shape index (κ2) is 8.45. The molecule has 1 aliphatic heterocycles. The number of benzene rings is 2. The van der Waals surface area contributed by atoms with Crippen LogP contribution in [0.1, 0.15) is 11.1 Å². The summed E-state index contributed by atoms with van der Waals surface area (Å²) in [6.07, 6.45) is 0. The minimum absolute atomic E-state index is 0.0648. The van der Waals surface area contributed by atoms with Gasteiger partial charge < -0.3 is 4.90 Å². The lowest BCUT2D eigenvalue weighted by Crippen LogP contribution is -2.49. The Morgan fingerprint density at radius 3 is 2.41 bits per heavy atom. The van der Waals surface area contributed by atoms with E-state index < -0.39 is 5.76 Å². The number of amides is 1. The second-order valence-electron chi connectivity index (χ2n) is 7.32. The monoisotopic (exact) mass is 392 g/mol. The summed E-state index contributed by atoms with van der Waals surface area (Å²) in [5, 5.41) is 3.90. The first-order valence-corrected chi connectivity index (χ1v) is 9.78. The van der Waals surface area contributed by atoms with Gasteiger partial charge in [0.1, 0.15) is 6.54 Å². The second-order valence-corrected chi connectivity index (χ2v) is 7.32. The Morgan fingerprint density at radius 1 is 1.00 bits per heavy atom. The van der Waals surface area contributed by atoms with E-state index in [4.69, 9.17) is 4.52 Å². The van der Waals surface area contributed by atoms with Gasteiger partial charge in [-0.15, -0.1) is 0 Å². The number of hydrogen-bond donors (Lipinski definition) is 0. The molecule has 1 amide bonds. The predicted molar refractivity (Wildman–Crippen MR) is 109 cm³/mol. The molecule has 1 aliphatic rings. The van der Waals surface area contributed by atoms with Crippen molar-refractivity contribution in [2.45, 2.75) is 20.0 Å². The Bertz CT molecular complexity index is 1030. The Kier molecular flexibility index (Phi) is 5.57. The molecule has 1 fully saturated rings. The molecule has 0 aliphatic carbocycles. The van der Waals surface area contributed by atoms with E-state index >= 15 is 0 Å². The average molecular weight is 392 g/mol. The lowest BCUT2D eigenvalue weighted by molar-refractivity contribution is -0.133. The van der Waals surface area contributed by atoms with Crippen LogP contribution in [0.5, 0.6) is 0 Å². The molecule has 150 valence electrons. The van der Waals surface area contributed by atoms with Gasteiger partial charge in [0.2, 0.25) is 5.91 Å². The lowest BCUT2D eigenvalue weighted by atomic mass is 10.1. The summed E-state index contributed by atoms with van der Waals surface area (Å²) in [5.74, 6) is -0.312. The summed E-state index contributed by atoms with van der Waals surface area (Å²) >= 11 is 0. The predicted octanol–water partition coefficient (Wildman–Crippen LogP) is 2.16. The number of nitrogens with zero attached hydrogens (tertiary/aromatic N) is 4. The van der Waals surface area contributed by atoms with Gasteiger partial charge in [-0.2, -0.15) is 0 Å². The van der Waals surface area contributed by atoms with Gasteiger partial charge in [0.25, 0.3) is 0 Å². The number of carbonyl (C=O) groups is 1. The number of carbonyl (C=O) groups excluding carboxylic acids is 1. The van der Waals surface area contributed by atoms with Crippen molar-refractivity contribution in [1.29, 1.82) is 0 Å². The lowest BCUT2D eigenvalue weighted by Gasteiger charge is -2.34. The maximum atomic E-state index is 12.8. The number of piperazine rings is 1. The maximum absolute atomic E-state index is 12.8. The van der Waals surface area contributed by atoms with E-state index in [2.05, 4.69) is 22.2 Å². The molecule has 7 nitrogen and oxygen atoms in total. The molecule has 0 atom stereocenters. The smallest absolute Gasteiger partial charge is 0.339 e. The van der Waals surface area contributed by atoms with Crippen molar-refractivity contribution in [2.75, 3.05) is 26.2 Å². The molecule has 0 radical (unpaired) electrons. The van der Waals surface area contributed by atoms with Crippen LogP contribution in [-0.4, -0.2) is 51.6 Å². The molecule has 3 aromatic rings. The summed E-state index contributed by atoms with van der Waals surface area (Å²) in [5.41, 5.74) is 3.03. The third kappa shape index (κ3) is 4.30. The first-order chi connectivity index (χ1) is 14.1. The zero-order chi connectivity index (χ0) is 20.2. The summed E-state index contributed by atoms with van der Waals surface area (Å²) in [4.78, 5) is 29.1. The van der Waals surface area contributed by atoms with Gasteiger partial charge in [0.15, 0.2) is 5.82 Å². The molecular weight excluding hydrogens is 368 g/mol. The van der Waals surface area contributed by atoms with Crippen LogP contribution >= 0.6 is 0 Å². The maximum Gasteiger partial charge on any atom is 0.442 e. The van der Waals surface area contributed by atoms with Gasteiger partial charge >= 0.3 is 5.76 Å². The molecule has 2 aromatic carbocycles. The molecule has 2 heterocycles. The standard InChI is InChI=1S/C22H24N4O3/c1-17-7-5-6-10-19(17)21-23-29-22(28)26(21)16-20(27)25-13-11-24(12-14-25)15-18-8-3-2-4-9-18/h2-10H,11-16H2,1H3. The molecular formula is C22H24N4O3. The molecule has 4 rings (SSSR count). The normalized spacial score (nSPS) is 14.9. The van der Waals surface area contributed by atoms with Gasteiger partial charge in [-0.3, -0.25) is 14.2 Å². The molecule has 0 N–H and O–H groups in total. The highest BCUT2D eigenvalue weighted by atomic mass is 16.5. The highest BCUT2D eigenvalue weighted by Gasteiger charge is 2.24. The topological polar surface area (TPSA) is 71.6 Å². The zero-order valence-electron chi connectivity index (χ0n) is 16.5. The number of hydrogen-bond acceptors (Lipinski definition) is 5. The Morgan fingerprint density at radius 2 is 1.69 bits per heavy atom. The fraction of sp³-hybridized carbons (Fsp3) is 0.318. The van der Waals surface area contributed by atoms with E-state index in [0.29, 0.717) is 18.9 Å². The SMILES string of the molecule is Cc1ccccc1-c1noc(=O)n1CC(=O)N1CCN(Cc2ccccc2)CC1. The van der Waals surface area contributed by atoms with Crippen molar-refractivity contribution in [2.24, 2.45) is 0 Å². The van der Waals surface area contributed by atoms with Gasteiger partial charge in [0.05, 0.1) is 0 Å². The Hall–Kier alpha value is -3.19. The minimum Gasteiger partial charge on any atom is -0.339 e. The van der Waals surface area contributed by atoms with Crippen molar-refractivity contribution >= 4 is 5.91 Å². The first-order valence-electron chi connectivity index (χ1n) is 9.78. The molecule has 0 saturated carbocycles. The van der Waals surface area contributed by atoms with Crippen LogP contribution < -0.4 is 5.76 Å². The van der Waals surface area contributed by atoms with Gasteiger partial charge in [-0.1, -0.05) is 59.8 Å². The zero-order valence-corrected chi connectivity index (χ0v) is 16.5. The highest BCUT2D eigenvalue weighted by molar-refractivity contribution is 5.77. The number of aromatic nitrogens is 2. The van der Waals surface area contributed by atoms with Gasteiger partial charge in [-0.05, 0) is 18.1 Å². The van der Waals surface area contributed by atoms with Gasteiger partial charge in [-0.25, -0.2) is 9.36 Å². The fourth-order valence-corrected chi connectivity index (χ4v) is 3.66. The van der Waals surface area contributed by atoms with Crippen LogP contribution in [0.25, 0.3) is 11.4 Å². The van der Waals surface area contributed by atoms with E-state index in [1.165, 1.54) is 10.1 Å². The van der Waals surface area contributed by atoms with Crippen LogP contribution in [0.4, 0.5) is 0 Å². The summed E-state index contributed by atoms with van der Waals surface area (Å²) in [6.45, 7) is 5.66. The van der Waals surface area contributed by atoms with E-state index in [9.17, 15) is 9.59 Å². The van der Waals surface area contributed by atoms with Crippen molar-refractivity contribution < 1.29 is 9.32 Å². The molecule has 1 saturated heterocycles.